The summed E-state index contributed by atoms with van der Waals surface area (Å²) in [6.07, 6.45) is 1.26. The summed E-state index contributed by atoms with van der Waals surface area (Å²) in [6, 6.07) is 16.3. The lowest BCUT2D eigenvalue weighted by Gasteiger charge is -2.28. The number of imide groups is 1. The fourth-order valence-corrected chi connectivity index (χ4v) is 3.43. The Bertz CT molecular complexity index is 816. The van der Waals surface area contributed by atoms with Crippen LogP contribution in [-0.4, -0.2) is 25.2 Å². The molecule has 0 spiro atoms. The van der Waals surface area contributed by atoms with E-state index in [-0.39, 0.29) is 18.2 Å². The Balaban J connectivity index is 1.87. The lowest BCUT2D eigenvalue weighted by molar-refractivity contribution is -0.129. The standard InChI is InChI=1S/C21H21NO4/c1-21(14-23,13-15-6-4-3-5-7-15)18-12-19(24)22(20(18)25)16-8-10-17(26-2)11-9-16/h3-11,14,18H,12-13H2,1-2H3/t18-,21?/m1/s1. The van der Waals surface area contributed by atoms with Crippen LogP contribution < -0.4 is 9.64 Å². The highest BCUT2D eigenvalue weighted by molar-refractivity contribution is 6.21. The van der Waals surface area contributed by atoms with Gasteiger partial charge in [-0.05, 0) is 36.2 Å². The molecule has 5 nitrogen and oxygen atoms in total. The first-order chi connectivity index (χ1) is 12.5. The van der Waals surface area contributed by atoms with E-state index in [0.717, 1.165) is 11.8 Å². The molecule has 1 heterocycles. The number of methoxy groups -OCH3 is 1. The summed E-state index contributed by atoms with van der Waals surface area (Å²) in [4.78, 5) is 38.6. The Kier molecular flexibility index (Phi) is 4.89. The molecule has 0 aromatic heterocycles. The van der Waals surface area contributed by atoms with Crippen molar-refractivity contribution in [1.82, 2.24) is 0 Å². The van der Waals surface area contributed by atoms with E-state index in [1.807, 2.05) is 30.3 Å². The van der Waals surface area contributed by atoms with Crippen molar-refractivity contribution >= 4 is 23.8 Å². The second kappa shape index (κ2) is 7.12. The second-order valence-electron chi connectivity index (χ2n) is 6.81. The van der Waals surface area contributed by atoms with E-state index in [4.69, 9.17) is 4.74 Å². The molecule has 2 aromatic rings. The normalized spacial score (nSPS) is 19.3. The summed E-state index contributed by atoms with van der Waals surface area (Å²) in [7, 11) is 1.55. The molecule has 2 amide bonds. The number of hydrogen-bond acceptors (Lipinski definition) is 4. The number of aldehydes is 1. The van der Waals surface area contributed by atoms with Crippen LogP contribution in [0.15, 0.2) is 54.6 Å². The highest BCUT2D eigenvalue weighted by Crippen LogP contribution is 2.39. The van der Waals surface area contributed by atoms with Crippen molar-refractivity contribution < 1.29 is 19.1 Å². The van der Waals surface area contributed by atoms with Crippen molar-refractivity contribution in [3.05, 3.63) is 60.2 Å². The largest absolute Gasteiger partial charge is 0.497 e. The van der Waals surface area contributed by atoms with Crippen LogP contribution in [0.4, 0.5) is 5.69 Å². The maximum absolute atomic E-state index is 13.0. The van der Waals surface area contributed by atoms with Gasteiger partial charge in [0.2, 0.25) is 11.8 Å². The zero-order valence-electron chi connectivity index (χ0n) is 14.8. The third-order valence-corrected chi connectivity index (χ3v) is 4.97. The maximum atomic E-state index is 13.0. The van der Waals surface area contributed by atoms with Gasteiger partial charge in [0.15, 0.2) is 0 Å². The number of carbonyl (C=O) groups is 3. The molecule has 2 aromatic carbocycles. The first-order valence-corrected chi connectivity index (χ1v) is 8.49. The molecule has 0 saturated carbocycles. The molecule has 1 saturated heterocycles. The van der Waals surface area contributed by atoms with Gasteiger partial charge in [0.1, 0.15) is 12.0 Å². The number of nitrogens with zero attached hydrogens (tertiary/aromatic N) is 1. The first kappa shape index (κ1) is 17.9. The van der Waals surface area contributed by atoms with Gasteiger partial charge < -0.3 is 9.53 Å². The predicted molar refractivity (Wildman–Crippen MR) is 97.9 cm³/mol. The average Bonchev–Trinajstić information content (AvgIpc) is 2.97. The van der Waals surface area contributed by atoms with Crippen LogP contribution in [-0.2, 0) is 20.8 Å². The number of hydrogen-bond donors (Lipinski definition) is 0. The minimum atomic E-state index is -0.935. The monoisotopic (exact) mass is 351 g/mol. The Morgan fingerprint density at radius 3 is 2.35 bits per heavy atom. The van der Waals surface area contributed by atoms with Crippen molar-refractivity contribution in [3.8, 4) is 5.75 Å². The van der Waals surface area contributed by atoms with Crippen LogP contribution in [0.1, 0.15) is 18.9 Å². The van der Waals surface area contributed by atoms with Gasteiger partial charge in [0.05, 0.1) is 18.7 Å². The van der Waals surface area contributed by atoms with Crippen LogP contribution >= 0.6 is 0 Å². The van der Waals surface area contributed by atoms with Crippen LogP contribution in [0.2, 0.25) is 0 Å². The van der Waals surface area contributed by atoms with Crippen molar-refractivity contribution in [2.24, 2.45) is 11.3 Å². The number of carbonyl (C=O) groups excluding carboxylic acids is 3. The fourth-order valence-electron chi connectivity index (χ4n) is 3.43. The number of rotatable bonds is 6. The Morgan fingerprint density at radius 2 is 1.77 bits per heavy atom. The summed E-state index contributed by atoms with van der Waals surface area (Å²) in [5.41, 5.74) is 0.525. The van der Waals surface area contributed by atoms with Crippen LogP contribution in [0.5, 0.6) is 5.75 Å². The fraction of sp³-hybridized carbons (Fsp3) is 0.286. The quantitative estimate of drug-likeness (QED) is 0.593. The molecule has 1 aliphatic rings. The summed E-state index contributed by atoms with van der Waals surface area (Å²) in [5, 5.41) is 0. The molecule has 0 N–H and O–H groups in total. The number of amides is 2. The Labute approximate surface area is 152 Å². The van der Waals surface area contributed by atoms with Crippen molar-refractivity contribution in [3.63, 3.8) is 0 Å². The van der Waals surface area contributed by atoms with E-state index in [1.165, 1.54) is 4.90 Å². The number of ether oxygens (including phenoxy) is 1. The predicted octanol–water partition coefficient (Wildman–Crippen LogP) is 3.02. The minimum absolute atomic E-state index is 0.0347. The molecule has 2 atom stereocenters. The van der Waals surface area contributed by atoms with Crippen LogP contribution in [0.3, 0.4) is 0 Å². The first-order valence-electron chi connectivity index (χ1n) is 8.49. The molecule has 1 aliphatic heterocycles. The molecule has 0 radical (unpaired) electrons. The van der Waals surface area contributed by atoms with E-state index >= 15 is 0 Å². The summed E-state index contributed by atoms with van der Waals surface area (Å²) in [5.74, 6) is -0.641. The third kappa shape index (κ3) is 3.25. The molecule has 0 aliphatic carbocycles. The second-order valence-corrected chi connectivity index (χ2v) is 6.81. The molecular formula is C21H21NO4. The van der Waals surface area contributed by atoms with E-state index in [0.29, 0.717) is 17.9 Å². The highest BCUT2D eigenvalue weighted by atomic mass is 16.5. The highest BCUT2D eigenvalue weighted by Gasteiger charge is 2.49. The molecule has 1 unspecified atom stereocenters. The van der Waals surface area contributed by atoms with Gasteiger partial charge in [-0.25, -0.2) is 0 Å². The van der Waals surface area contributed by atoms with Crippen LogP contribution in [0.25, 0.3) is 0 Å². The molecule has 5 heteroatoms. The molecule has 26 heavy (non-hydrogen) atoms. The summed E-state index contributed by atoms with van der Waals surface area (Å²) in [6.45, 7) is 1.75. The lowest BCUT2D eigenvalue weighted by Crippen LogP contribution is -2.38. The van der Waals surface area contributed by atoms with Crippen molar-refractivity contribution in [2.45, 2.75) is 19.8 Å². The van der Waals surface area contributed by atoms with Crippen LogP contribution in [0, 0.1) is 11.3 Å². The Hall–Kier alpha value is -2.95. The van der Waals surface area contributed by atoms with E-state index in [1.54, 1.807) is 38.3 Å². The van der Waals surface area contributed by atoms with E-state index in [9.17, 15) is 14.4 Å². The van der Waals surface area contributed by atoms with Gasteiger partial charge in [0.25, 0.3) is 0 Å². The zero-order valence-corrected chi connectivity index (χ0v) is 14.8. The SMILES string of the molecule is COc1ccc(N2C(=O)C[C@@H](C(C)(C=O)Cc3ccccc3)C2=O)cc1. The topological polar surface area (TPSA) is 63.7 Å². The minimum Gasteiger partial charge on any atom is -0.497 e. The van der Waals surface area contributed by atoms with Gasteiger partial charge in [-0.1, -0.05) is 37.3 Å². The molecule has 3 rings (SSSR count). The van der Waals surface area contributed by atoms with Crippen molar-refractivity contribution in [1.29, 1.82) is 0 Å². The van der Waals surface area contributed by atoms with E-state index < -0.39 is 11.3 Å². The lowest BCUT2D eigenvalue weighted by atomic mass is 9.73. The molecular weight excluding hydrogens is 330 g/mol. The summed E-state index contributed by atoms with van der Waals surface area (Å²) >= 11 is 0. The number of anilines is 1. The van der Waals surface area contributed by atoms with E-state index in [2.05, 4.69) is 0 Å². The zero-order chi connectivity index (χ0) is 18.7. The number of benzene rings is 2. The smallest absolute Gasteiger partial charge is 0.238 e. The average molecular weight is 351 g/mol. The van der Waals surface area contributed by atoms with Gasteiger partial charge >= 0.3 is 0 Å². The van der Waals surface area contributed by atoms with Gasteiger partial charge in [-0.3, -0.25) is 14.5 Å². The van der Waals surface area contributed by atoms with Gasteiger partial charge in [-0.15, -0.1) is 0 Å². The third-order valence-electron chi connectivity index (χ3n) is 4.97. The Morgan fingerprint density at radius 1 is 1.12 bits per heavy atom. The van der Waals surface area contributed by atoms with Crippen molar-refractivity contribution in [2.75, 3.05) is 12.0 Å². The van der Waals surface area contributed by atoms with Gasteiger partial charge in [0, 0.05) is 11.8 Å². The molecule has 134 valence electrons. The van der Waals surface area contributed by atoms with Gasteiger partial charge in [-0.2, -0.15) is 0 Å². The molecule has 1 fully saturated rings. The molecule has 0 bridgehead atoms. The summed E-state index contributed by atoms with van der Waals surface area (Å²) < 4.78 is 5.11. The maximum Gasteiger partial charge on any atom is 0.238 e.